The van der Waals surface area contributed by atoms with Gasteiger partial charge in [0.15, 0.2) is 11.0 Å². The molecule has 0 fully saturated rings. The van der Waals surface area contributed by atoms with Gasteiger partial charge < -0.3 is 19.2 Å². The number of anilines is 1. The molecule has 0 saturated carbocycles. The van der Waals surface area contributed by atoms with Gasteiger partial charge in [0.05, 0.1) is 25.2 Å². The molecule has 0 aliphatic heterocycles. The Hall–Kier alpha value is -3.43. The Balaban J connectivity index is 1.40. The number of carbonyl (C=O) groups is 1. The lowest BCUT2D eigenvalue weighted by Crippen LogP contribution is -2.15. The number of thioether (sulfide) groups is 1. The quantitative estimate of drug-likeness (QED) is 0.281. The molecule has 0 radical (unpaired) electrons. The van der Waals surface area contributed by atoms with Crippen molar-refractivity contribution in [2.45, 2.75) is 25.2 Å². The van der Waals surface area contributed by atoms with E-state index in [4.69, 9.17) is 25.5 Å². The van der Waals surface area contributed by atoms with Crippen molar-refractivity contribution in [2.24, 2.45) is 0 Å². The predicted octanol–water partition coefficient (Wildman–Crippen LogP) is 5.28. The number of amides is 1. The molecule has 10 heteroatoms. The van der Waals surface area contributed by atoms with Crippen LogP contribution in [0.4, 0.5) is 5.69 Å². The van der Waals surface area contributed by atoms with Crippen molar-refractivity contribution in [1.29, 1.82) is 0 Å². The molecule has 1 N–H and O–H groups in total. The number of nitrogens with one attached hydrogen (secondary N) is 1. The Labute approximate surface area is 206 Å². The van der Waals surface area contributed by atoms with Crippen LogP contribution in [-0.2, 0) is 17.9 Å². The van der Waals surface area contributed by atoms with Gasteiger partial charge in [-0.05, 0) is 67.6 Å². The molecule has 0 bridgehead atoms. The van der Waals surface area contributed by atoms with Gasteiger partial charge in [0.1, 0.15) is 23.9 Å². The van der Waals surface area contributed by atoms with Gasteiger partial charge in [-0.1, -0.05) is 23.4 Å². The van der Waals surface area contributed by atoms with E-state index in [9.17, 15) is 4.79 Å². The van der Waals surface area contributed by atoms with Crippen molar-refractivity contribution >= 4 is 35.0 Å². The average molecular weight is 499 g/mol. The molecule has 34 heavy (non-hydrogen) atoms. The minimum atomic E-state index is -0.152. The molecule has 0 aliphatic rings. The number of hydrogen-bond acceptors (Lipinski definition) is 7. The van der Waals surface area contributed by atoms with E-state index in [0.717, 1.165) is 11.5 Å². The van der Waals surface area contributed by atoms with E-state index in [1.54, 1.807) is 42.7 Å². The standard InChI is InChI=1S/C24H23ClN4O4S/c1-2-31-19-11-7-18(8-12-19)26-23(30)16-34-24-28-27-22(29(24)14-21-4-3-13-32-21)15-33-20-9-5-17(25)6-10-20/h3-13H,2,14-16H2,1H3,(H,26,30). The van der Waals surface area contributed by atoms with Crippen LogP contribution < -0.4 is 14.8 Å². The Morgan fingerprint density at radius 3 is 2.50 bits per heavy atom. The molecular formula is C24H23ClN4O4S. The van der Waals surface area contributed by atoms with E-state index in [1.807, 2.05) is 35.8 Å². The summed E-state index contributed by atoms with van der Waals surface area (Å²) >= 11 is 7.22. The Bertz CT molecular complexity index is 1190. The van der Waals surface area contributed by atoms with Crippen LogP contribution in [0.1, 0.15) is 18.5 Å². The highest BCUT2D eigenvalue weighted by atomic mass is 35.5. The van der Waals surface area contributed by atoms with Crippen LogP contribution in [0.2, 0.25) is 5.02 Å². The van der Waals surface area contributed by atoms with Crippen molar-refractivity contribution in [3.05, 3.63) is 83.5 Å². The van der Waals surface area contributed by atoms with Crippen molar-refractivity contribution in [3.63, 3.8) is 0 Å². The van der Waals surface area contributed by atoms with Gasteiger partial charge in [-0.2, -0.15) is 0 Å². The van der Waals surface area contributed by atoms with Crippen LogP contribution in [-0.4, -0.2) is 33.0 Å². The summed E-state index contributed by atoms with van der Waals surface area (Å²) in [6, 6.07) is 18.0. The average Bonchev–Trinajstić information content (AvgIpc) is 3.49. The van der Waals surface area contributed by atoms with E-state index in [-0.39, 0.29) is 18.3 Å². The number of aromatic nitrogens is 3. The molecule has 4 rings (SSSR count). The third kappa shape index (κ3) is 6.55. The Morgan fingerprint density at radius 1 is 1.06 bits per heavy atom. The van der Waals surface area contributed by atoms with Crippen LogP contribution in [0, 0.1) is 0 Å². The molecule has 8 nitrogen and oxygen atoms in total. The number of carbonyl (C=O) groups excluding carboxylic acids is 1. The maximum absolute atomic E-state index is 12.5. The van der Waals surface area contributed by atoms with Crippen LogP contribution >= 0.6 is 23.4 Å². The predicted molar refractivity (Wildman–Crippen MR) is 131 cm³/mol. The normalized spacial score (nSPS) is 10.8. The summed E-state index contributed by atoms with van der Waals surface area (Å²) in [5.74, 6) is 2.80. The zero-order valence-corrected chi connectivity index (χ0v) is 20.0. The zero-order chi connectivity index (χ0) is 23.8. The molecule has 0 spiro atoms. The summed E-state index contributed by atoms with van der Waals surface area (Å²) in [5, 5.41) is 12.6. The summed E-state index contributed by atoms with van der Waals surface area (Å²) in [5.41, 5.74) is 0.697. The van der Waals surface area contributed by atoms with Crippen molar-refractivity contribution in [1.82, 2.24) is 14.8 Å². The van der Waals surface area contributed by atoms with Gasteiger partial charge in [-0.15, -0.1) is 10.2 Å². The molecule has 1 amide bonds. The van der Waals surface area contributed by atoms with Crippen LogP contribution in [0.3, 0.4) is 0 Å². The lowest BCUT2D eigenvalue weighted by Gasteiger charge is -2.10. The molecule has 2 heterocycles. The SMILES string of the molecule is CCOc1ccc(NC(=O)CSc2nnc(COc3ccc(Cl)cc3)n2Cc2ccco2)cc1. The van der Waals surface area contributed by atoms with E-state index in [1.165, 1.54) is 11.8 Å². The first-order chi connectivity index (χ1) is 16.6. The summed E-state index contributed by atoms with van der Waals surface area (Å²) < 4.78 is 18.6. The summed E-state index contributed by atoms with van der Waals surface area (Å²) in [4.78, 5) is 12.5. The van der Waals surface area contributed by atoms with Crippen LogP contribution in [0.5, 0.6) is 11.5 Å². The van der Waals surface area contributed by atoms with E-state index in [0.29, 0.717) is 40.6 Å². The molecule has 0 atom stereocenters. The number of halogens is 1. The fourth-order valence-corrected chi connectivity index (χ4v) is 3.94. The number of nitrogens with zero attached hydrogens (tertiary/aromatic N) is 3. The topological polar surface area (TPSA) is 91.4 Å². The third-order valence-electron chi connectivity index (χ3n) is 4.65. The summed E-state index contributed by atoms with van der Waals surface area (Å²) in [6.07, 6.45) is 1.61. The molecular weight excluding hydrogens is 476 g/mol. The Morgan fingerprint density at radius 2 is 1.79 bits per heavy atom. The summed E-state index contributed by atoms with van der Waals surface area (Å²) in [7, 11) is 0. The first kappa shape index (κ1) is 23.7. The molecule has 0 saturated heterocycles. The molecule has 0 aliphatic carbocycles. The molecule has 176 valence electrons. The minimum absolute atomic E-state index is 0.152. The fraction of sp³-hybridized carbons (Fsp3) is 0.208. The second kappa shape index (κ2) is 11.6. The largest absolute Gasteiger partial charge is 0.494 e. The first-order valence-electron chi connectivity index (χ1n) is 10.6. The lowest BCUT2D eigenvalue weighted by atomic mass is 10.3. The maximum Gasteiger partial charge on any atom is 0.234 e. The Kier molecular flexibility index (Phi) is 8.11. The lowest BCUT2D eigenvalue weighted by molar-refractivity contribution is -0.113. The minimum Gasteiger partial charge on any atom is -0.494 e. The number of hydrogen-bond donors (Lipinski definition) is 1. The highest BCUT2D eigenvalue weighted by Gasteiger charge is 2.16. The van der Waals surface area contributed by atoms with Crippen molar-refractivity contribution in [2.75, 3.05) is 17.7 Å². The molecule has 2 aromatic heterocycles. The van der Waals surface area contributed by atoms with Crippen LogP contribution in [0.15, 0.2) is 76.5 Å². The van der Waals surface area contributed by atoms with Gasteiger partial charge in [0.2, 0.25) is 5.91 Å². The highest BCUT2D eigenvalue weighted by Crippen LogP contribution is 2.22. The molecule has 2 aromatic carbocycles. The first-order valence-corrected chi connectivity index (χ1v) is 12.0. The third-order valence-corrected chi connectivity index (χ3v) is 5.87. The maximum atomic E-state index is 12.5. The molecule has 4 aromatic rings. The summed E-state index contributed by atoms with van der Waals surface area (Å²) in [6.45, 7) is 3.14. The zero-order valence-electron chi connectivity index (χ0n) is 18.4. The number of rotatable bonds is 11. The number of furan rings is 1. The second-order valence-corrected chi connectivity index (χ2v) is 8.48. The van der Waals surface area contributed by atoms with Gasteiger partial charge in [0.25, 0.3) is 0 Å². The fourth-order valence-electron chi connectivity index (χ4n) is 3.06. The molecule has 0 unspecified atom stereocenters. The smallest absolute Gasteiger partial charge is 0.234 e. The van der Waals surface area contributed by atoms with Gasteiger partial charge in [0, 0.05) is 10.7 Å². The van der Waals surface area contributed by atoms with Gasteiger partial charge in [-0.3, -0.25) is 9.36 Å². The number of benzene rings is 2. The van der Waals surface area contributed by atoms with Crippen molar-refractivity contribution < 1.29 is 18.7 Å². The van der Waals surface area contributed by atoms with E-state index < -0.39 is 0 Å². The van der Waals surface area contributed by atoms with Crippen molar-refractivity contribution in [3.8, 4) is 11.5 Å². The van der Waals surface area contributed by atoms with E-state index >= 15 is 0 Å². The van der Waals surface area contributed by atoms with Gasteiger partial charge in [-0.25, -0.2) is 0 Å². The monoisotopic (exact) mass is 498 g/mol. The highest BCUT2D eigenvalue weighted by molar-refractivity contribution is 7.99. The van der Waals surface area contributed by atoms with Crippen LogP contribution in [0.25, 0.3) is 0 Å². The second-order valence-electron chi connectivity index (χ2n) is 7.10. The number of ether oxygens (including phenoxy) is 2. The van der Waals surface area contributed by atoms with E-state index in [2.05, 4.69) is 15.5 Å². The van der Waals surface area contributed by atoms with Gasteiger partial charge >= 0.3 is 0 Å².